The van der Waals surface area contributed by atoms with E-state index in [2.05, 4.69) is 15.0 Å². The summed E-state index contributed by atoms with van der Waals surface area (Å²) in [6.07, 6.45) is 3.67. The van der Waals surface area contributed by atoms with Crippen LogP contribution in [0.5, 0.6) is 11.6 Å². The van der Waals surface area contributed by atoms with Crippen LogP contribution in [0.25, 0.3) is 11.0 Å². The van der Waals surface area contributed by atoms with E-state index in [1.165, 1.54) is 27.9 Å². The maximum absolute atomic E-state index is 14.7. The molecule has 0 bridgehead atoms. The van der Waals surface area contributed by atoms with Gasteiger partial charge < -0.3 is 18.8 Å². The minimum Gasteiger partial charge on any atom is -0.488 e. The molecular formula is C24H24FN5O6. The number of anilines is 1. The lowest BCUT2D eigenvalue weighted by molar-refractivity contribution is -0.121. The van der Waals surface area contributed by atoms with Crippen LogP contribution < -0.4 is 19.9 Å². The highest BCUT2D eigenvalue weighted by molar-refractivity contribution is 5.89. The number of hydrogen-bond donors (Lipinski definition) is 0. The number of amides is 1. The minimum absolute atomic E-state index is 0.00443. The number of Topliss-reactive ketones (excluding diaryl/α,β-unsaturated/α-hetero) is 1. The Labute approximate surface area is 204 Å². The van der Waals surface area contributed by atoms with E-state index >= 15 is 0 Å². The molecule has 1 atom stereocenters. The van der Waals surface area contributed by atoms with Crippen LogP contribution in [0.3, 0.4) is 0 Å². The number of aryl methyl sites for hydroxylation is 2. The molecule has 11 nitrogen and oxygen atoms in total. The quantitative estimate of drug-likeness (QED) is 0.452. The van der Waals surface area contributed by atoms with E-state index in [0.29, 0.717) is 59.8 Å². The van der Waals surface area contributed by atoms with Crippen LogP contribution in [0.4, 0.5) is 15.0 Å². The fourth-order valence-electron chi connectivity index (χ4n) is 4.32. The fraction of sp³-hybridized carbons (Fsp3) is 0.417. The molecule has 2 aliphatic heterocycles. The lowest BCUT2D eigenvalue weighted by atomic mass is 10.1. The Morgan fingerprint density at radius 3 is 2.86 bits per heavy atom. The van der Waals surface area contributed by atoms with Crippen LogP contribution in [0.15, 0.2) is 23.3 Å². The Bertz CT molecular complexity index is 1420. The maximum atomic E-state index is 14.7. The number of ether oxygens (including phenoxy) is 3. The number of hydrogen-bond acceptors (Lipinski definition) is 9. The molecule has 0 N–H and O–H groups in total. The van der Waals surface area contributed by atoms with Gasteiger partial charge in [-0.05, 0) is 37.8 Å². The number of nitrogens with zero attached hydrogens (tertiary/aromatic N) is 5. The molecule has 188 valence electrons. The highest BCUT2D eigenvalue weighted by Crippen LogP contribution is 2.30. The van der Waals surface area contributed by atoms with Gasteiger partial charge in [-0.3, -0.25) is 14.5 Å². The van der Waals surface area contributed by atoms with Gasteiger partial charge in [0.2, 0.25) is 5.88 Å². The first kappa shape index (κ1) is 23.6. The third-order valence-electron chi connectivity index (χ3n) is 6.19. The van der Waals surface area contributed by atoms with Crippen molar-refractivity contribution >= 4 is 28.7 Å². The third-order valence-corrected chi connectivity index (χ3v) is 6.19. The smallest absolute Gasteiger partial charge is 0.415 e. The van der Waals surface area contributed by atoms with Gasteiger partial charge in [-0.15, -0.1) is 0 Å². The molecule has 1 fully saturated rings. The molecule has 3 aromatic rings. The van der Waals surface area contributed by atoms with Crippen LogP contribution in [0.2, 0.25) is 0 Å². The summed E-state index contributed by atoms with van der Waals surface area (Å²) in [5.41, 5.74) is 1.49. The summed E-state index contributed by atoms with van der Waals surface area (Å²) in [5, 5.41) is 0. The molecule has 0 radical (unpaired) electrons. The zero-order valence-corrected chi connectivity index (χ0v) is 19.8. The fourth-order valence-corrected chi connectivity index (χ4v) is 4.32. The summed E-state index contributed by atoms with van der Waals surface area (Å²) in [6, 6.07) is 1.34. The minimum atomic E-state index is -0.554. The summed E-state index contributed by atoms with van der Waals surface area (Å²) >= 11 is 0. The lowest BCUT2D eigenvalue weighted by Gasteiger charge is -2.17. The van der Waals surface area contributed by atoms with Gasteiger partial charge in [-0.25, -0.2) is 24.1 Å². The van der Waals surface area contributed by atoms with Gasteiger partial charge in [-0.1, -0.05) is 0 Å². The molecule has 1 saturated heterocycles. The predicted molar refractivity (Wildman–Crippen MR) is 125 cm³/mol. The second-order valence-corrected chi connectivity index (χ2v) is 8.80. The number of rotatable bonds is 7. The Hall–Kier alpha value is -4.09. The Morgan fingerprint density at radius 2 is 2.03 bits per heavy atom. The van der Waals surface area contributed by atoms with E-state index in [4.69, 9.17) is 14.2 Å². The number of unbranched alkanes of at least 4 members (excludes halogenated alkanes) is 1. The first-order valence-electron chi connectivity index (χ1n) is 11.6. The Morgan fingerprint density at radius 1 is 1.19 bits per heavy atom. The topological polar surface area (TPSA) is 126 Å². The molecule has 1 aromatic carbocycles. The van der Waals surface area contributed by atoms with Gasteiger partial charge in [0.25, 0.3) is 5.56 Å². The third kappa shape index (κ3) is 4.45. The van der Waals surface area contributed by atoms with Gasteiger partial charge in [0.05, 0.1) is 37.5 Å². The number of benzene rings is 1. The molecule has 1 amide bonds. The molecule has 0 unspecified atom stereocenters. The molecule has 2 aromatic heterocycles. The zero-order valence-electron chi connectivity index (χ0n) is 19.8. The van der Waals surface area contributed by atoms with Crippen molar-refractivity contribution in [3.63, 3.8) is 0 Å². The van der Waals surface area contributed by atoms with E-state index in [0.717, 1.165) is 0 Å². The second kappa shape index (κ2) is 9.51. The summed E-state index contributed by atoms with van der Waals surface area (Å²) < 4.78 is 32.4. The molecule has 36 heavy (non-hydrogen) atoms. The molecule has 0 spiro atoms. The highest BCUT2D eigenvalue weighted by Gasteiger charge is 2.34. The Kier molecular flexibility index (Phi) is 6.25. The van der Waals surface area contributed by atoms with Gasteiger partial charge >= 0.3 is 6.09 Å². The number of aromatic nitrogens is 4. The summed E-state index contributed by atoms with van der Waals surface area (Å²) in [6.45, 7) is 2.21. The van der Waals surface area contributed by atoms with E-state index < -0.39 is 11.9 Å². The van der Waals surface area contributed by atoms with Crippen molar-refractivity contribution in [2.75, 3.05) is 24.7 Å². The first-order chi connectivity index (χ1) is 17.3. The SMILES string of the molecule is Cc1cc(F)c(OCCCC[C@H]2CN(c3cnc4c(n3)CC(=O)CO4)C(=O)O2)c2c1ncc(=O)n2C. The van der Waals surface area contributed by atoms with Gasteiger partial charge in [0, 0.05) is 7.05 Å². The van der Waals surface area contributed by atoms with E-state index in [1.54, 1.807) is 14.0 Å². The van der Waals surface area contributed by atoms with Crippen LogP contribution >= 0.6 is 0 Å². The standard InChI is InChI=1S/C24H24FN5O6/c1-13-7-16(25)22(21-20(13)26-10-19(32)29(21)2)34-6-4-3-5-15-11-30(24(33)36-15)18-9-27-23-17(28-18)8-14(31)12-35-23/h7,9-10,15H,3-6,8,11-12H2,1-2H3/t15-/m0/s1. The van der Waals surface area contributed by atoms with Crippen LogP contribution in [0, 0.1) is 12.7 Å². The number of fused-ring (bicyclic) bond motifs is 2. The maximum Gasteiger partial charge on any atom is 0.415 e. The summed E-state index contributed by atoms with van der Waals surface area (Å²) in [7, 11) is 1.55. The highest BCUT2D eigenvalue weighted by atomic mass is 19.1. The average molecular weight is 497 g/mol. The van der Waals surface area contributed by atoms with Crippen molar-refractivity contribution in [2.24, 2.45) is 7.05 Å². The monoisotopic (exact) mass is 497 g/mol. The zero-order chi connectivity index (χ0) is 25.4. The number of cyclic esters (lactones) is 1. The van der Waals surface area contributed by atoms with Crippen LogP contribution in [0.1, 0.15) is 30.5 Å². The number of carbonyl (C=O) groups is 2. The normalized spacial score (nSPS) is 17.2. The van der Waals surface area contributed by atoms with Gasteiger partial charge in [-0.2, -0.15) is 0 Å². The van der Waals surface area contributed by atoms with Crippen molar-refractivity contribution in [1.29, 1.82) is 0 Å². The molecule has 2 aliphatic rings. The number of halogens is 1. The molecule has 4 heterocycles. The summed E-state index contributed by atoms with van der Waals surface area (Å²) in [4.78, 5) is 50.1. The van der Waals surface area contributed by atoms with E-state index in [1.807, 2.05) is 0 Å². The number of ketones is 1. The van der Waals surface area contributed by atoms with Crippen molar-refractivity contribution in [3.05, 3.63) is 45.9 Å². The predicted octanol–water partition coefficient (Wildman–Crippen LogP) is 2.25. The number of carbonyl (C=O) groups excluding carboxylic acids is 2. The van der Waals surface area contributed by atoms with Crippen LogP contribution in [-0.2, 0) is 23.0 Å². The van der Waals surface area contributed by atoms with Crippen LogP contribution in [-0.4, -0.2) is 57.3 Å². The molecule has 12 heteroatoms. The lowest BCUT2D eigenvalue weighted by Crippen LogP contribution is -2.28. The van der Waals surface area contributed by atoms with E-state index in [9.17, 15) is 18.8 Å². The van der Waals surface area contributed by atoms with Gasteiger partial charge in [0.1, 0.15) is 23.9 Å². The second-order valence-electron chi connectivity index (χ2n) is 8.80. The van der Waals surface area contributed by atoms with Crippen molar-refractivity contribution < 1.29 is 28.2 Å². The largest absolute Gasteiger partial charge is 0.488 e. The van der Waals surface area contributed by atoms with Crippen molar-refractivity contribution in [1.82, 2.24) is 19.5 Å². The first-order valence-corrected chi connectivity index (χ1v) is 11.6. The van der Waals surface area contributed by atoms with Crippen molar-refractivity contribution in [3.8, 4) is 11.6 Å². The van der Waals surface area contributed by atoms with Crippen molar-refractivity contribution in [2.45, 2.75) is 38.7 Å². The molecule has 0 saturated carbocycles. The summed E-state index contributed by atoms with van der Waals surface area (Å²) in [5.74, 6) is -0.0492. The van der Waals surface area contributed by atoms with Gasteiger partial charge in [0.15, 0.2) is 23.2 Å². The molecule has 0 aliphatic carbocycles. The Balaban J connectivity index is 1.17. The molecular weight excluding hydrogens is 473 g/mol. The molecule has 5 rings (SSSR count). The van der Waals surface area contributed by atoms with E-state index in [-0.39, 0.29) is 42.8 Å². The average Bonchev–Trinajstić information content (AvgIpc) is 3.22.